The van der Waals surface area contributed by atoms with Gasteiger partial charge in [0.2, 0.25) is 5.95 Å². The molecular weight excluding hydrogens is 402 g/mol. The third-order valence-corrected chi connectivity index (χ3v) is 6.67. The van der Waals surface area contributed by atoms with E-state index < -0.39 is 0 Å². The van der Waals surface area contributed by atoms with Crippen molar-refractivity contribution in [3.05, 3.63) is 60.4 Å². The average molecular weight is 428 g/mol. The van der Waals surface area contributed by atoms with Gasteiger partial charge in [-0.3, -0.25) is 9.55 Å². The number of imidazole rings is 1. The van der Waals surface area contributed by atoms with Crippen LogP contribution >= 0.6 is 0 Å². The number of benzene rings is 1. The van der Waals surface area contributed by atoms with E-state index in [0.29, 0.717) is 23.8 Å². The Balaban J connectivity index is 1.50. The summed E-state index contributed by atoms with van der Waals surface area (Å²) >= 11 is 0. The van der Waals surface area contributed by atoms with E-state index in [1.54, 1.807) is 12.4 Å². The number of aliphatic hydroxyl groups is 1. The van der Waals surface area contributed by atoms with E-state index in [-0.39, 0.29) is 11.6 Å². The van der Waals surface area contributed by atoms with Gasteiger partial charge < -0.3 is 15.7 Å². The van der Waals surface area contributed by atoms with Gasteiger partial charge in [-0.05, 0) is 55.5 Å². The number of aromatic nitrogens is 5. The molecule has 4 aromatic rings. The van der Waals surface area contributed by atoms with Crippen LogP contribution in [-0.4, -0.2) is 48.8 Å². The lowest BCUT2D eigenvalue weighted by atomic mass is 9.73. The molecule has 4 heterocycles. The molecule has 32 heavy (non-hydrogen) atoms. The van der Waals surface area contributed by atoms with Gasteiger partial charge in [0, 0.05) is 30.5 Å². The van der Waals surface area contributed by atoms with Crippen LogP contribution in [0.5, 0.6) is 0 Å². The third-order valence-electron chi connectivity index (χ3n) is 6.67. The fourth-order valence-electron chi connectivity index (χ4n) is 4.64. The van der Waals surface area contributed by atoms with Gasteiger partial charge in [0.1, 0.15) is 11.2 Å². The molecule has 2 fully saturated rings. The largest absolute Gasteiger partial charge is 0.391 e. The van der Waals surface area contributed by atoms with Crippen LogP contribution in [-0.2, 0) is 5.54 Å². The molecule has 1 saturated heterocycles. The first-order valence-corrected chi connectivity index (χ1v) is 11.1. The molecule has 8 nitrogen and oxygen atoms in total. The van der Waals surface area contributed by atoms with E-state index in [0.717, 1.165) is 48.4 Å². The number of rotatable bonds is 4. The van der Waals surface area contributed by atoms with Crippen LogP contribution in [0.2, 0.25) is 0 Å². The molecule has 3 N–H and O–H groups in total. The van der Waals surface area contributed by atoms with Crippen molar-refractivity contribution in [2.45, 2.75) is 37.3 Å². The molecule has 1 aliphatic carbocycles. The molecule has 2 aliphatic rings. The predicted octanol–water partition coefficient (Wildman–Crippen LogP) is 2.79. The van der Waals surface area contributed by atoms with Crippen molar-refractivity contribution < 1.29 is 5.11 Å². The van der Waals surface area contributed by atoms with Gasteiger partial charge in [0.25, 0.3) is 0 Å². The predicted molar refractivity (Wildman–Crippen MR) is 122 cm³/mol. The van der Waals surface area contributed by atoms with Gasteiger partial charge in [-0.1, -0.05) is 18.2 Å². The lowest BCUT2D eigenvalue weighted by Crippen LogP contribution is -2.43. The SMILES string of the molecule is NC1(c2ccc(-n3c(-c4ccccn4)nc4cnc(N5CCC(O)C5)nc43)cc2)CCC1. The second-order valence-electron chi connectivity index (χ2n) is 8.81. The summed E-state index contributed by atoms with van der Waals surface area (Å²) in [6.45, 7) is 1.28. The van der Waals surface area contributed by atoms with Gasteiger partial charge in [0.05, 0.1) is 12.3 Å². The number of hydrogen-bond acceptors (Lipinski definition) is 7. The molecule has 0 spiro atoms. The number of pyridine rings is 1. The van der Waals surface area contributed by atoms with Crippen LogP contribution in [0.1, 0.15) is 31.2 Å². The second kappa shape index (κ2) is 7.36. The standard InChI is InChI=1S/C24H25N7O/c25-24(10-3-11-24)16-5-7-17(8-6-16)31-21(19-4-1-2-12-26-19)28-20-14-27-23(29-22(20)31)30-13-9-18(32)15-30/h1-2,4-8,12,14,18,32H,3,9-11,13,15,25H2. The Kier molecular flexibility index (Phi) is 4.44. The van der Waals surface area contributed by atoms with E-state index in [2.05, 4.69) is 34.2 Å². The van der Waals surface area contributed by atoms with Crippen LogP contribution in [0, 0.1) is 0 Å². The lowest BCUT2D eigenvalue weighted by molar-refractivity contribution is 0.198. The smallest absolute Gasteiger partial charge is 0.227 e. The van der Waals surface area contributed by atoms with Crippen LogP contribution in [0.15, 0.2) is 54.9 Å². The highest BCUT2D eigenvalue weighted by molar-refractivity contribution is 5.79. The van der Waals surface area contributed by atoms with Crippen molar-refractivity contribution in [3.8, 4) is 17.2 Å². The minimum absolute atomic E-state index is 0.203. The summed E-state index contributed by atoms with van der Waals surface area (Å²) in [6, 6.07) is 14.2. The molecule has 1 aromatic carbocycles. The number of aliphatic hydroxyl groups excluding tert-OH is 1. The van der Waals surface area contributed by atoms with Gasteiger partial charge in [0.15, 0.2) is 11.5 Å². The molecule has 3 aromatic heterocycles. The highest BCUT2D eigenvalue weighted by atomic mass is 16.3. The summed E-state index contributed by atoms with van der Waals surface area (Å²) in [5.74, 6) is 1.32. The van der Waals surface area contributed by atoms with Gasteiger partial charge in [-0.2, -0.15) is 4.98 Å². The van der Waals surface area contributed by atoms with E-state index in [9.17, 15) is 5.11 Å². The van der Waals surface area contributed by atoms with Crippen LogP contribution in [0.4, 0.5) is 5.95 Å². The first kappa shape index (κ1) is 19.3. The fraction of sp³-hybridized carbons (Fsp3) is 0.333. The highest BCUT2D eigenvalue weighted by Crippen LogP contribution is 2.39. The van der Waals surface area contributed by atoms with Gasteiger partial charge in [-0.15, -0.1) is 0 Å². The molecule has 0 amide bonds. The zero-order chi connectivity index (χ0) is 21.7. The minimum Gasteiger partial charge on any atom is -0.391 e. The summed E-state index contributed by atoms with van der Waals surface area (Å²) < 4.78 is 2.03. The van der Waals surface area contributed by atoms with Gasteiger partial charge >= 0.3 is 0 Å². The zero-order valence-corrected chi connectivity index (χ0v) is 17.7. The Hall–Kier alpha value is -3.36. The average Bonchev–Trinajstić information content (AvgIpc) is 3.41. The molecule has 0 bridgehead atoms. The van der Waals surface area contributed by atoms with E-state index in [1.807, 2.05) is 27.7 Å². The molecule has 1 atom stereocenters. The maximum Gasteiger partial charge on any atom is 0.227 e. The summed E-state index contributed by atoms with van der Waals surface area (Å²) in [5.41, 5.74) is 10.6. The molecule has 1 saturated carbocycles. The first-order chi connectivity index (χ1) is 15.6. The summed E-state index contributed by atoms with van der Waals surface area (Å²) in [4.78, 5) is 20.7. The summed E-state index contributed by atoms with van der Waals surface area (Å²) in [6.07, 6.45) is 7.13. The van der Waals surface area contributed by atoms with Crippen molar-refractivity contribution in [2.75, 3.05) is 18.0 Å². The molecule has 1 unspecified atom stereocenters. The second-order valence-corrected chi connectivity index (χ2v) is 8.81. The van der Waals surface area contributed by atoms with Crippen molar-refractivity contribution in [2.24, 2.45) is 5.73 Å². The van der Waals surface area contributed by atoms with Crippen LogP contribution in [0.3, 0.4) is 0 Å². The van der Waals surface area contributed by atoms with E-state index >= 15 is 0 Å². The van der Waals surface area contributed by atoms with Crippen molar-refractivity contribution in [1.82, 2.24) is 24.5 Å². The Labute approximate surface area is 185 Å². The Morgan fingerprint density at radius 3 is 2.53 bits per heavy atom. The van der Waals surface area contributed by atoms with Crippen molar-refractivity contribution in [3.63, 3.8) is 0 Å². The molecule has 8 heteroatoms. The van der Waals surface area contributed by atoms with E-state index in [4.69, 9.17) is 15.7 Å². The monoisotopic (exact) mass is 427 g/mol. The fourth-order valence-corrected chi connectivity index (χ4v) is 4.64. The van der Waals surface area contributed by atoms with E-state index in [1.165, 1.54) is 6.42 Å². The van der Waals surface area contributed by atoms with Crippen LogP contribution in [0.25, 0.3) is 28.4 Å². The highest BCUT2D eigenvalue weighted by Gasteiger charge is 2.34. The molecule has 1 aliphatic heterocycles. The maximum absolute atomic E-state index is 9.94. The number of fused-ring (bicyclic) bond motifs is 1. The topological polar surface area (TPSA) is 106 Å². The number of anilines is 1. The summed E-state index contributed by atoms with van der Waals surface area (Å²) in [7, 11) is 0. The number of hydrogen-bond donors (Lipinski definition) is 2. The molecular formula is C24H25N7O. The zero-order valence-electron chi connectivity index (χ0n) is 17.7. The number of nitrogens with zero attached hydrogens (tertiary/aromatic N) is 6. The van der Waals surface area contributed by atoms with Crippen molar-refractivity contribution >= 4 is 17.1 Å². The number of nitrogens with two attached hydrogens (primary N) is 1. The first-order valence-electron chi connectivity index (χ1n) is 11.1. The Bertz CT molecular complexity index is 1270. The molecule has 6 rings (SSSR count). The number of β-amino-alcohol motifs (C(OH)–C–C–N with tert-alkyl or cyclic N) is 1. The summed E-state index contributed by atoms with van der Waals surface area (Å²) in [5, 5.41) is 9.94. The van der Waals surface area contributed by atoms with Crippen molar-refractivity contribution in [1.29, 1.82) is 0 Å². The minimum atomic E-state index is -0.342. The molecule has 0 radical (unpaired) electrons. The third kappa shape index (κ3) is 3.14. The Morgan fingerprint density at radius 1 is 1.03 bits per heavy atom. The normalized spacial score (nSPS) is 19.9. The lowest BCUT2D eigenvalue weighted by Gasteiger charge is -2.38. The Morgan fingerprint density at radius 2 is 1.88 bits per heavy atom. The quantitative estimate of drug-likeness (QED) is 0.516. The van der Waals surface area contributed by atoms with Crippen LogP contribution < -0.4 is 10.6 Å². The maximum atomic E-state index is 9.94. The van der Waals surface area contributed by atoms with Gasteiger partial charge in [-0.25, -0.2) is 9.97 Å². The molecule has 162 valence electrons.